The molecule has 1 aromatic carbocycles. The van der Waals surface area contributed by atoms with E-state index in [4.69, 9.17) is 5.11 Å². The summed E-state index contributed by atoms with van der Waals surface area (Å²) in [6.07, 6.45) is 1.68. The van der Waals surface area contributed by atoms with Gasteiger partial charge in [-0.05, 0) is 48.4 Å². The number of carbonyl (C=O) groups excluding carboxylic acids is 1. The van der Waals surface area contributed by atoms with E-state index in [1.165, 1.54) is 0 Å². The zero-order valence-electron chi connectivity index (χ0n) is 12.6. The van der Waals surface area contributed by atoms with E-state index >= 15 is 0 Å². The lowest BCUT2D eigenvalue weighted by atomic mass is 9.90. The van der Waals surface area contributed by atoms with Crippen molar-refractivity contribution in [2.45, 2.75) is 39.5 Å². The van der Waals surface area contributed by atoms with Gasteiger partial charge in [0.1, 0.15) is 11.6 Å². The number of nitrogens with one attached hydrogen (secondary N) is 1. The molecule has 0 spiro atoms. The van der Waals surface area contributed by atoms with Gasteiger partial charge in [-0.1, -0.05) is 13.8 Å². The average Bonchev–Trinajstić information content (AvgIpc) is 2.40. The van der Waals surface area contributed by atoms with E-state index in [1.807, 2.05) is 13.8 Å². The molecule has 0 atom stereocenters. The fraction of sp³-hybridized carbons (Fsp3) is 0.562. The second-order valence-corrected chi connectivity index (χ2v) is 6.00. The molecule has 0 fully saturated rings. The molecule has 1 amide bonds. The Hall–Kier alpha value is -1.49. The van der Waals surface area contributed by atoms with E-state index in [0.29, 0.717) is 31.4 Å². The predicted octanol–water partition coefficient (Wildman–Crippen LogP) is 2.81. The summed E-state index contributed by atoms with van der Waals surface area (Å²) in [4.78, 5) is 11.7. The molecule has 0 bridgehead atoms. The summed E-state index contributed by atoms with van der Waals surface area (Å²) in [5.74, 6) is -1.03. The van der Waals surface area contributed by atoms with Crippen molar-refractivity contribution in [2.75, 3.05) is 13.2 Å². The fourth-order valence-electron chi connectivity index (χ4n) is 1.99. The third-order valence-electron chi connectivity index (χ3n) is 3.41. The summed E-state index contributed by atoms with van der Waals surface area (Å²) in [6, 6.07) is 3.34. The van der Waals surface area contributed by atoms with Gasteiger partial charge in [0.15, 0.2) is 0 Å². The molecule has 3 nitrogen and oxygen atoms in total. The van der Waals surface area contributed by atoms with Crippen LogP contribution in [-0.2, 0) is 11.2 Å². The van der Waals surface area contributed by atoms with Crippen LogP contribution in [0.5, 0.6) is 0 Å². The molecule has 2 N–H and O–H groups in total. The number of rotatable bonds is 8. The highest BCUT2D eigenvalue weighted by Crippen LogP contribution is 2.18. The number of hydrogen-bond acceptors (Lipinski definition) is 2. The monoisotopic (exact) mass is 299 g/mol. The molecule has 0 aliphatic carbocycles. The van der Waals surface area contributed by atoms with Gasteiger partial charge in [0, 0.05) is 19.6 Å². The summed E-state index contributed by atoms with van der Waals surface area (Å²) >= 11 is 0. The normalized spacial score (nSPS) is 11.5. The van der Waals surface area contributed by atoms with Gasteiger partial charge in [0.2, 0.25) is 5.91 Å². The molecule has 0 saturated carbocycles. The molecule has 0 aromatic heterocycles. The molecule has 5 heteroatoms. The van der Waals surface area contributed by atoms with Gasteiger partial charge < -0.3 is 10.4 Å². The third-order valence-corrected chi connectivity index (χ3v) is 3.41. The molecule has 0 unspecified atom stereocenters. The molecular weight excluding hydrogens is 276 g/mol. The number of aryl methyl sites for hydroxylation is 1. The van der Waals surface area contributed by atoms with E-state index in [0.717, 1.165) is 18.2 Å². The van der Waals surface area contributed by atoms with Gasteiger partial charge in [-0.2, -0.15) is 0 Å². The molecule has 0 heterocycles. The third kappa shape index (κ3) is 6.67. The first-order valence-electron chi connectivity index (χ1n) is 7.15. The molecule has 0 aliphatic rings. The lowest BCUT2D eigenvalue weighted by molar-refractivity contribution is -0.121. The van der Waals surface area contributed by atoms with Crippen LogP contribution in [0.3, 0.4) is 0 Å². The van der Waals surface area contributed by atoms with Crippen molar-refractivity contribution >= 4 is 5.91 Å². The lowest BCUT2D eigenvalue weighted by Crippen LogP contribution is -2.34. The van der Waals surface area contributed by atoms with Crippen molar-refractivity contribution in [3.8, 4) is 0 Å². The standard InChI is InChI=1S/C16H23F2NO2/c1-16(2,8-9-20)11-19-15(21)5-3-4-12-10-13(17)6-7-14(12)18/h6-7,10,20H,3-5,8-9,11H2,1-2H3,(H,19,21). The summed E-state index contributed by atoms with van der Waals surface area (Å²) in [6.45, 7) is 4.50. The highest BCUT2D eigenvalue weighted by molar-refractivity contribution is 5.75. The van der Waals surface area contributed by atoms with Crippen LogP contribution in [0.1, 0.15) is 38.7 Å². The Morgan fingerprint density at radius 1 is 1.33 bits per heavy atom. The van der Waals surface area contributed by atoms with Crippen LogP contribution >= 0.6 is 0 Å². The van der Waals surface area contributed by atoms with Gasteiger partial charge in [-0.25, -0.2) is 8.78 Å². The van der Waals surface area contributed by atoms with Crippen LogP contribution in [0, 0.1) is 17.0 Å². The zero-order valence-corrected chi connectivity index (χ0v) is 12.6. The Morgan fingerprint density at radius 2 is 2.05 bits per heavy atom. The predicted molar refractivity (Wildman–Crippen MR) is 77.8 cm³/mol. The maximum absolute atomic E-state index is 13.4. The Morgan fingerprint density at radius 3 is 2.71 bits per heavy atom. The van der Waals surface area contributed by atoms with Crippen LogP contribution in [0.15, 0.2) is 18.2 Å². The van der Waals surface area contributed by atoms with Gasteiger partial charge in [-0.15, -0.1) is 0 Å². The van der Waals surface area contributed by atoms with Gasteiger partial charge >= 0.3 is 0 Å². The molecule has 118 valence electrons. The van der Waals surface area contributed by atoms with Gasteiger partial charge in [0.05, 0.1) is 0 Å². The molecule has 1 aromatic rings. The number of amides is 1. The number of aliphatic hydroxyl groups excluding tert-OH is 1. The van der Waals surface area contributed by atoms with Crippen LogP contribution in [0.25, 0.3) is 0 Å². The van der Waals surface area contributed by atoms with E-state index in [2.05, 4.69) is 5.32 Å². The van der Waals surface area contributed by atoms with Crippen molar-refractivity contribution in [2.24, 2.45) is 5.41 Å². The first-order valence-corrected chi connectivity index (χ1v) is 7.15. The van der Waals surface area contributed by atoms with Crippen molar-refractivity contribution in [1.29, 1.82) is 0 Å². The fourth-order valence-corrected chi connectivity index (χ4v) is 1.99. The largest absolute Gasteiger partial charge is 0.396 e. The zero-order chi connectivity index (χ0) is 15.9. The number of halogens is 2. The smallest absolute Gasteiger partial charge is 0.220 e. The second kappa shape index (κ2) is 8.08. The minimum atomic E-state index is -0.471. The van der Waals surface area contributed by atoms with Crippen LogP contribution < -0.4 is 5.32 Å². The van der Waals surface area contributed by atoms with Crippen LogP contribution in [0.4, 0.5) is 8.78 Å². The molecule has 1 rings (SSSR count). The summed E-state index contributed by atoms with van der Waals surface area (Å²) in [7, 11) is 0. The number of aliphatic hydroxyl groups is 1. The molecule has 0 aliphatic heterocycles. The molecule has 0 radical (unpaired) electrons. The quantitative estimate of drug-likeness (QED) is 0.775. The summed E-state index contributed by atoms with van der Waals surface area (Å²) in [5, 5.41) is 11.7. The van der Waals surface area contributed by atoms with Crippen molar-refractivity contribution < 1.29 is 18.7 Å². The van der Waals surface area contributed by atoms with Crippen LogP contribution in [-0.4, -0.2) is 24.2 Å². The number of carbonyl (C=O) groups is 1. The second-order valence-electron chi connectivity index (χ2n) is 6.00. The SMILES string of the molecule is CC(C)(CCO)CNC(=O)CCCc1cc(F)ccc1F. The molecule has 21 heavy (non-hydrogen) atoms. The van der Waals surface area contributed by atoms with Crippen molar-refractivity contribution in [3.63, 3.8) is 0 Å². The minimum absolute atomic E-state index is 0.0850. The lowest BCUT2D eigenvalue weighted by Gasteiger charge is -2.23. The van der Waals surface area contributed by atoms with E-state index in [9.17, 15) is 13.6 Å². The topological polar surface area (TPSA) is 49.3 Å². The molecule has 0 saturated heterocycles. The maximum atomic E-state index is 13.4. The van der Waals surface area contributed by atoms with Crippen LogP contribution in [0.2, 0.25) is 0 Å². The first kappa shape index (κ1) is 17.6. The highest BCUT2D eigenvalue weighted by Gasteiger charge is 2.17. The van der Waals surface area contributed by atoms with E-state index < -0.39 is 11.6 Å². The van der Waals surface area contributed by atoms with E-state index in [1.54, 1.807) is 0 Å². The van der Waals surface area contributed by atoms with E-state index in [-0.39, 0.29) is 24.3 Å². The average molecular weight is 299 g/mol. The van der Waals surface area contributed by atoms with Crippen molar-refractivity contribution in [3.05, 3.63) is 35.4 Å². The first-order chi connectivity index (χ1) is 9.84. The number of hydrogen-bond donors (Lipinski definition) is 2. The van der Waals surface area contributed by atoms with Crippen molar-refractivity contribution in [1.82, 2.24) is 5.32 Å². The Labute approximate surface area is 124 Å². The Kier molecular flexibility index (Phi) is 6.75. The Balaban J connectivity index is 2.32. The van der Waals surface area contributed by atoms with Gasteiger partial charge in [0.25, 0.3) is 0 Å². The summed E-state index contributed by atoms with van der Waals surface area (Å²) < 4.78 is 26.4. The minimum Gasteiger partial charge on any atom is -0.396 e. The highest BCUT2D eigenvalue weighted by atomic mass is 19.1. The van der Waals surface area contributed by atoms with Gasteiger partial charge in [-0.3, -0.25) is 4.79 Å². The maximum Gasteiger partial charge on any atom is 0.220 e. The Bertz CT molecular complexity index is 475. The number of benzene rings is 1. The molecular formula is C16H23F2NO2. The summed E-state index contributed by atoms with van der Waals surface area (Å²) in [5.41, 5.74) is 0.141.